The number of rotatable bonds is 8. The van der Waals surface area contributed by atoms with E-state index in [4.69, 9.17) is 17.0 Å². The van der Waals surface area contributed by atoms with E-state index in [2.05, 4.69) is 15.6 Å². The van der Waals surface area contributed by atoms with Gasteiger partial charge in [-0.1, -0.05) is 30.3 Å². The Hall–Kier alpha value is -4.57. The number of carbonyl (C=O) groups is 2. The third-order valence-electron chi connectivity index (χ3n) is 6.58. The number of hydrogen-bond acceptors (Lipinski definition) is 5. The number of thiocarbonyl (C=S) groups is 1. The first kappa shape index (κ1) is 26.1. The fourth-order valence-corrected chi connectivity index (χ4v) is 5.12. The van der Waals surface area contributed by atoms with E-state index in [9.17, 15) is 14.0 Å². The second-order valence-electron chi connectivity index (χ2n) is 8.91. The van der Waals surface area contributed by atoms with E-state index >= 15 is 0 Å². The van der Waals surface area contributed by atoms with Crippen LogP contribution in [0.2, 0.25) is 0 Å². The zero-order chi connectivity index (χ0) is 27.4. The van der Waals surface area contributed by atoms with Gasteiger partial charge in [-0.2, -0.15) is 0 Å². The number of para-hydroxylation sites is 2. The maximum absolute atomic E-state index is 14.1. The summed E-state index contributed by atoms with van der Waals surface area (Å²) in [5.74, 6) is -1.29. The number of anilines is 1. The predicted octanol–water partition coefficient (Wildman–Crippen LogP) is 4.80. The van der Waals surface area contributed by atoms with Gasteiger partial charge in [0.1, 0.15) is 5.82 Å². The topological polar surface area (TPSA) is 88.5 Å². The molecule has 2 aromatic carbocycles. The number of amides is 1. The molecule has 10 heteroatoms. The lowest BCUT2D eigenvalue weighted by molar-refractivity contribution is -0.116. The van der Waals surface area contributed by atoms with Crippen LogP contribution in [0.25, 0.3) is 5.69 Å². The van der Waals surface area contributed by atoms with Gasteiger partial charge in [-0.05, 0) is 60.7 Å². The molecule has 39 heavy (non-hydrogen) atoms. The third-order valence-corrected chi connectivity index (χ3v) is 6.93. The second kappa shape index (κ2) is 11.4. The van der Waals surface area contributed by atoms with Gasteiger partial charge in [0.15, 0.2) is 5.11 Å². The Balaban J connectivity index is 1.49. The molecule has 0 bridgehead atoms. The smallest absolute Gasteiger partial charge is 0.339 e. The highest BCUT2D eigenvalue weighted by atomic mass is 32.1. The van der Waals surface area contributed by atoms with Crippen LogP contribution in [0.15, 0.2) is 91.3 Å². The van der Waals surface area contributed by atoms with Gasteiger partial charge >= 0.3 is 5.97 Å². The SMILES string of the molecule is COC(=O)c1ccccc1-n1cccc1[C@H]1[C@@H](c2ccccn2)NC(=S)N1CCC(=O)Nc1ccccc1F. The lowest BCUT2D eigenvalue weighted by atomic mass is 10.0. The van der Waals surface area contributed by atoms with Crippen molar-refractivity contribution in [2.24, 2.45) is 0 Å². The van der Waals surface area contributed by atoms with Crippen LogP contribution in [0, 0.1) is 5.82 Å². The highest BCUT2D eigenvalue weighted by Gasteiger charge is 2.41. The van der Waals surface area contributed by atoms with Gasteiger partial charge < -0.3 is 24.8 Å². The highest BCUT2D eigenvalue weighted by molar-refractivity contribution is 7.80. The number of carbonyl (C=O) groups excluding carboxylic acids is 2. The Bertz CT molecular complexity index is 1510. The fraction of sp³-hybridized carbons (Fsp3) is 0.172. The molecule has 0 radical (unpaired) electrons. The Morgan fingerprint density at radius 2 is 1.82 bits per heavy atom. The largest absolute Gasteiger partial charge is 0.465 e. The minimum Gasteiger partial charge on any atom is -0.465 e. The molecule has 8 nitrogen and oxygen atoms in total. The summed E-state index contributed by atoms with van der Waals surface area (Å²) in [4.78, 5) is 31.8. The van der Waals surface area contributed by atoms with Crippen molar-refractivity contribution in [1.29, 1.82) is 0 Å². The van der Waals surface area contributed by atoms with Crippen LogP contribution in [-0.2, 0) is 9.53 Å². The first-order valence-electron chi connectivity index (χ1n) is 12.4. The Kier molecular flexibility index (Phi) is 7.64. The Morgan fingerprint density at radius 1 is 1.05 bits per heavy atom. The molecule has 2 atom stereocenters. The molecule has 1 amide bonds. The zero-order valence-electron chi connectivity index (χ0n) is 21.1. The average Bonchev–Trinajstić information content (AvgIpc) is 3.57. The molecule has 1 aliphatic rings. The van der Waals surface area contributed by atoms with Crippen molar-refractivity contribution in [1.82, 2.24) is 19.8 Å². The number of aromatic nitrogens is 2. The summed E-state index contributed by atoms with van der Waals surface area (Å²) in [5, 5.41) is 6.46. The minimum atomic E-state index is -0.501. The maximum Gasteiger partial charge on any atom is 0.339 e. The molecule has 3 heterocycles. The van der Waals surface area contributed by atoms with Crippen molar-refractivity contribution < 1.29 is 18.7 Å². The number of hydrogen-bond donors (Lipinski definition) is 2. The molecule has 0 saturated carbocycles. The fourth-order valence-electron chi connectivity index (χ4n) is 4.79. The zero-order valence-corrected chi connectivity index (χ0v) is 21.9. The van der Waals surface area contributed by atoms with Crippen molar-refractivity contribution in [3.63, 3.8) is 0 Å². The molecule has 2 N–H and O–H groups in total. The number of esters is 1. The molecule has 4 aromatic rings. The van der Waals surface area contributed by atoms with Crippen molar-refractivity contribution >= 4 is 34.9 Å². The monoisotopic (exact) mass is 543 g/mol. The van der Waals surface area contributed by atoms with Gasteiger partial charge in [-0.25, -0.2) is 9.18 Å². The number of nitrogens with zero attached hydrogens (tertiary/aromatic N) is 3. The molecule has 1 aliphatic heterocycles. The van der Waals surface area contributed by atoms with Crippen molar-refractivity contribution in [2.75, 3.05) is 19.0 Å². The summed E-state index contributed by atoms with van der Waals surface area (Å²) in [6.07, 6.45) is 3.66. The lowest BCUT2D eigenvalue weighted by Crippen LogP contribution is -2.33. The summed E-state index contributed by atoms with van der Waals surface area (Å²) in [6.45, 7) is 0.268. The number of nitrogens with one attached hydrogen (secondary N) is 2. The summed E-state index contributed by atoms with van der Waals surface area (Å²) in [7, 11) is 1.35. The maximum atomic E-state index is 14.1. The molecular weight excluding hydrogens is 517 g/mol. The number of pyridine rings is 1. The van der Waals surface area contributed by atoms with Crippen LogP contribution >= 0.6 is 12.2 Å². The molecule has 1 saturated heterocycles. The molecule has 0 aliphatic carbocycles. The van der Waals surface area contributed by atoms with Crippen LogP contribution in [0.5, 0.6) is 0 Å². The van der Waals surface area contributed by atoms with E-state index in [1.54, 1.807) is 30.5 Å². The number of halogens is 1. The molecule has 1 fully saturated rings. The predicted molar refractivity (Wildman–Crippen MR) is 149 cm³/mol. The average molecular weight is 544 g/mol. The van der Waals surface area contributed by atoms with Crippen molar-refractivity contribution in [3.05, 3.63) is 114 Å². The molecular formula is C29H26FN5O3S. The van der Waals surface area contributed by atoms with Crippen LogP contribution in [-0.4, -0.2) is 45.1 Å². The van der Waals surface area contributed by atoms with E-state index in [1.807, 2.05) is 58.1 Å². The first-order valence-corrected chi connectivity index (χ1v) is 12.8. The van der Waals surface area contributed by atoms with Gasteiger partial charge in [0.2, 0.25) is 5.91 Å². The first-order chi connectivity index (χ1) is 19.0. The molecule has 2 aromatic heterocycles. The van der Waals surface area contributed by atoms with Crippen LogP contribution in [0.1, 0.15) is 40.3 Å². The number of methoxy groups -OCH3 is 1. The van der Waals surface area contributed by atoms with Gasteiger partial charge in [-0.3, -0.25) is 9.78 Å². The molecule has 198 valence electrons. The van der Waals surface area contributed by atoms with E-state index in [-0.39, 0.29) is 36.6 Å². The normalized spacial score (nSPS) is 16.6. The quantitative estimate of drug-likeness (QED) is 0.244. The number of benzene rings is 2. The van der Waals surface area contributed by atoms with Gasteiger partial charge in [0, 0.05) is 31.1 Å². The van der Waals surface area contributed by atoms with Crippen molar-refractivity contribution in [3.8, 4) is 5.69 Å². The summed E-state index contributed by atoms with van der Waals surface area (Å²) in [6, 6.07) is 22.0. The van der Waals surface area contributed by atoms with E-state index in [0.29, 0.717) is 16.4 Å². The van der Waals surface area contributed by atoms with Gasteiger partial charge in [0.25, 0.3) is 0 Å². The van der Waals surface area contributed by atoms with Gasteiger partial charge in [-0.15, -0.1) is 0 Å². The Labute approximate surface area is 230 Å². The Morgan fingerprint density at radius 3 is 2.59 bits per heavy atom. The lowest BCUT2D eigenvalue weighted by Gasteiger charge is -2.29. The van der Waals surface area contributed by atoms with Crippen molar-refractivity contribution in [2.45, 2.75) is 18.5 Å². The molecule has 0 spiro atoms. The summed E-state index contributed by atoms with van der Waals surface area (Å²) >= 11 is 5.73. The minimum absolute atomic E-state index is 0.0705. The highest BCUT2D eigenvalue weighted by Crippen LogP contribution is 2.40. The standard InChI is InChI=1S/C29H26FN5O3S/c1-38-28(37)19-9-2-5-13-23(19)34-17-8-14-24(34)27-26(22-12-6-7-16-31-22)33-29(39)35(27)18-15-25(36)32-21-11-4-3-10-20(21)30/h2-14,16-17,26-27H,15,18H2,1H3,(H,32,36)(H,33,39)/t26-,27+/m1/s1. The van der Waals surface area contributed by atoms with E-state index in [0.717, 1.165) is 11.4 Å². The molecule has 0 unspecified atom stereocenters. The molecule has 5 rings (SSSR count). The third kappa shape index (κ3) is 5.37. The summed E-state index contributed by atoms with van der Waals surface area (Å²) in [5.41, 5.74) is 2.80. The van der Waals surface area contributed by atoms with E-state index < -0.39 is 11.8 Å². The number of ether oxygens (including phenoxy) is 1. The van der Waals surface area contributed by atoms with Gasteiger partial charge in [0.05, 0.1) is 41.8 Å². The van der Waals surface area contributed by atoms with Crippen LogP contribution < -0.4 is 10.6 Å². The second-order valence-corrected chi connectivity index (χ2v) is 9.30. The van der Waals surface area contributed by atoms with E-state index in [1.165, 1.54) is 19.2 Å². The summed E-state index contributed by atoms with van der Waals surface area (Å²) < 4.78 is 21.0. The van der Waals surface area contributed by atoms with Crippen LogP contribution in [0.3, 0.4) is 0 Å². The van der Waals surface area contributed by atoms with Crippen LogP contribution in [0.4, 0.5) is 10.1 Å².